The minimum atomic E-state index is -4.75. The van der Waals surface area contributed by atoms with E-state index < -0.39 is 93.6 Å². The highest BCUT2D eigenvalue weighted by molar-refractivity contribution is 7.48. The van der Waals surface area contributed by atoms with Gasteiger partial charge in [0.2, 0.25) is 11.9 Å². The van der Waals surface area contributed by atoms with Crippen LogP contribution in [0.3, 0.4) is 0 Å². The molecule has 4 aromatic heterocycles. The second kappa shape index (κ2) is 18.9. The molecule has 11 atom stereocenters. The van der Waals surface area contributed by atoms with Gasteiger partial charge < -0.3 is 19.4 Å². The number of rotatable bonds is 13. The van der Waals surface area contributed by atoms with Crippen LogP contribution in [-0.4, -0.2) is 109 Å². The molecule has 25 nitrogen and oxygen atoms in total. The van der Waals surface area contributed by atoms with Crippen molar-refractivity contribution in [2.24, 2.45) is 23.7 Å². The fourth-order valence-corrected chi connectivity index (χ4v) is 12.1. The molecule has 5 aromatic rings. The van der Waals surface area contributed by atoms with Crippen LogP contribution in [-0.2, 0) is 56.1 Å². The van der Waals surface area contributed by atoms with E-state index in [0.29, 0.717) is 23.1 Å². The lowest BCUT2D eigenvalue weighted by molar-refractivity contribution is -0.118. The third-order valence-electron chi connectivity index (χ3n) is 12.6. The summed E-state index contributed by atoms with van der Waals surface area (Å²) < 4.78 is 82.2. The van der Waals surface area contributed by atoms with Crippen LogP contribution in [0.1, 0.15) is 56.6 Å². The van der Waals surface area contributed by atoms with Gasteiger partial charge in [-0.05, 0) is 24.5 Å². The highest BCUT2D eigenvalue weighted by Gasteiger charge is 2.73. The highest BCUT2D eigenvalue weighted by atomic mass is 31.2. The predicted octanol–water partition coefficient (Wildman–Crippen LogP) is 4.59. The van der Waals surface area contributed by atoms with Crippen molar-refractivity contribution in [3.63, 3.8) is 0 Å². The van der Waals surface area contributed by atoms with Crippen molar-refractivity contribution in [3.05, 3.63) is 65.2 Å². The number of phosphoric acid groups is 2. The molecule has 2 aliphatic carbocycles. The van der Waals surface area contributed by atoms with E-state index in [-0.39, 0.29) is 61.5 Å². The number of methoxy groups -OCH3 is 1. The molecule has 2 unspecified atom stereocenters. The lowest BCUT2D eigenvalue weighted by Gasteiger charge is -2.32. The molecule has 9 rings (SSSR count). The number of phosphoric ester groups is 2. The van der Waals surface area contributed by atoms with Gasteiger partial charge in [0.25, 0.3) is 11.5 Å². The number of ether oxygens (including phenoxy) is 2. The molecule has 0 radical (unpaired) electrons. The van der Waals surface area contributed by atoms with Crippen molar-refractivity contribution >= 4 is 61.6 Å². The van der Waals surface area contributed by atoms with Crippen LogP contribution in [0.25, 0.3) is 22.3 Å². The second-order valence-electron chi connectivity index (χ2n) is 16.8. The number of aromatic amines is 1. The summed E-state index contributed by atoms with van der Waals surface area (Å²) in [6.07, 6.45) is -1.96. The van der Waals surface area contributed by atoms with E-state index in [1.165, 1.54) is 24.3 Å². The smallest absolute Gasteiger partial charge is 0.376 e. The Bertz CT molecular complexity index is 2970. The first-order valence-electron chi connectivity index (χ1n) is 21.6. The van der Waals surface area contributed by atoms with E-state index in [1.54, 1.807) is 50.5 Å². The van der Waals surface area contributed by atoms with Gasteiger partial charge >= 0.3 is 15.6 Å². The summed E-state index contributed by atoms with van der Waals surface area (Å²) in [5.41, 5.74) is -0.639. The Labute approximate surface area is 387 Å². The zero-order valence-electron chi connectivity index (χ0n) is 37.0. The van der Waals surface area contributed by atoms with E-state index in [0.717, 1.165) is 0 Å². The fourth-order valence-electron chi connectivity index (χ4n) is 9.24. The van der Waals surface area contributed by atoms with Crippen molar-refractivity contribution in [1.82, 2.24) is 39.0 Å². The first kappa shape index (κ1) is 47.3. The maximum atomic E-state index is 15.1. The molecule has 1 aromatic carbocycles. The zero-order valence-corrected chi connectivity index (χ0v) is 38.8. The molecule has 2 saturated carbocycles. The van der Waals surface area contributed by atoms with Crippen molar-refractivity contribution in [2.45, 2.75) is 76.2 Å². The lowest BCUT2D eigenvalue weighted by Crippen LogP contribution is -2.37. The number of nitriles is 2. The van der Waals surface area contributed by atoms with Gasteiger partial charge in [0.15, 0.2) is 34.4 Å². The van der Waals surface area contributed by atoms with Crippen molar-refractivity contribution in [3.8, 4) is 12.1 Å². The molecule has 2 saturated heterocycles. The summed E-state index contributed by atoms with van der Waals surface area (Å²) in [5, 5.41) is 24.2. The standard InChI is InChI=1S/C41H46N12O13P2/c1-22(2)36(54)50-40-49-35-29(38(56)51-40)46-20-52(35)39-32-31(59-4)27(64-39)18-63-68(58,61-15-9-13-43)65-30-23(3)41(16-26(41)25(30)17-62-67(57,66-32)60-14-8-12-42)53-21-47-28-33(44-19-45-34(28)53)48-37(55)24-10-6-5-7-11-24/h5-7,10-11,19-23,25-27,30-32,39H,8-9,14-18H2,1-4H3,(H,44,45,48,55)(H2,49,50,51,54,56)/t23-,25+,26+,27-,30+,31-,32-,39-,41-,67?,68?/m1/s1. The quantitative estimate of drug-likeness (QED) is 0.107. The first-order valence-corrected chi connectivity index (χ1v) is 24.5. The van der Waals surface area contributed by atoms with Crippen LogP contribution in [0.2, 0.25) is 0 Å². The summed E-state index contributed by atoms with van der Waals surface area (Å²) in [6, 6.07) is 12.5. The number of amides is 2. The van der Waals surface area contributed by atoms with Gasteiger partial charge in [-0.1, -0.05) is 39.0 Å². The fraction of sp³-hybridized carbons (Fsp3) is 0.512. The minimum Gasteiger partial charge on any atom is -0.376 e. The van der Waals surface area contributed by atoms with Gasteiger partial charge in [-0.25, -0.2) is 29.1 Å². The maximum absolute atomic E-state index is 15.1. The SMILES string of the molecule is CO[C@H]1[C@H]2OP(=O)(OCCC#N)OC[C@@H]3[C@@H](OP(=O)(OCCC#N)OC[C@H]1O[C@H]2n1cnc2c(=O)[nH]c(NC(=O)C(C)C)nc21)[C@@H](C)[C@]1(n2cnc4c(NC(=O)c5ccccc5)ncnc42)C[C@@H]31. The molecule has 68 heavy (non-hydrogen) atoms. The third kappa shape index (κ3) is 8.75. The molecule has 4 aliphatic rings. The van der Waals surface area contributed by atoms with E-state index in [2.05, 4.69) is 40.5 Å². The van der Waals surface area contributed by atoms with E-state index >= 15 is 4.57 Å². The van der Waals surface area contributed by atoms with Gasteiger partial charge in [0, 0.05) is 30.4 Å². The summed E-state index contributed by atoms with van der Waals surface area (Å²) in [7, 11) is -8.08. The Morgan fingerprint density at radius 1 is 0.941 bits per heavy atom. The molecule has 27 heteroatoms. The first-order chi connectivity index (χ1) is 32.7. The largest absolute Gasteiger partial charge is 0.475 e. The predicted molar refractivity (Wildman–Crippen MR) is 234 cm³/mol. The number of imidazole rings is 2. The normalized spacial score (nSPS) is 31.2. The molecule has 4 fully saturated rings. The molecule has 6 heterocycles. The van der Waals surface area contributed by atoms with Gasteiger partial charge in [0.05, 0.1) is 75.7 Å². The second-order valence-corrected chi connectivity index (χ2v) is 20.1. The number of aromatic nitrogens is 8. The van der Waals surface area contributed by atoms with Crippen LogP contribution >= 0.6 is 15.6 Å². The average Bonchev–Trinajstić information content (AvgIpc) is 3.59. The van der Waals surface area contributed by atoms with Crippen molar-refractivity contribution in [2.75, 3.05) is 44.2 Å². The number of nitrogens with zero attached hydrogens (tertiary/aromatic N) is 9. The molecular weight excluding hydrogens is 930 g/mol. The Morgan fingerprint density at radius 3 is 2.32 bits per heavy atom. The van der Waals surface area contributed by atoms with E-state index in [1.807, 2.05) is 23.6 Å². The number of H-pyrrole nitrogens is 1. The van der Waals surface area contributed by atoms with E-state index in [4.69, 9.17) is 36.6 Å². The zero-order chi connectivity index (χ0) is 48.0. The number of fused-ring (bicyclic) bond motifs is 7. The van der Waals surface area contributed by atoms with Crippen LogP contribution in [0.4, 0.5) is 11.8 Å². The molecular formula is C41H46N12O13P2. The van der Waals surface area contributed by atoms with Crippen LogP contribution in [0.5, 0.6) is 0 Å². The van der Waals surface area contributed by atoms with Crippen molar-refractivity contribution in [1.29, 1.82) is 10.5 Å². The molecule has 358 valence electrons. The monoisotopic (exact) mass is 976 g/mol. The van der Waals surface area contributed by atoms with Gasteiger partial charge in [-0.2, -0.15) is 15.5 Å². The Balaban J connectivity index is 1.08. The summed E-state index contributed by atoms with van der Waals surface area (Å²) in [5.74, 6) is -2.89. The van der Waals surface area contributed by atoms with Gasteiger partial charge in [0.1, 0.15) is 24.6 Å². The van der Waals surface area contributed by atoms with Gasteiger partial charge in [-0.3, -0.25) is 56.4 Å². The molecule has 2 bridgehead atoms. The summed E-state index contributed by atoms with van der Waals surface area (Å²) in [6.45, 7) is 3.55. The summed E-state index contributed by atoms with van der Waals surface area (Å²) in [4.78, 5) is 63.6. The Kier molecular flexibility index (Phi) is 13.2. The number of carbonyl (C=O) groups excluding carboxylic acids is 2. The molecule has 2 aliphatic heterocycles. The Hall–Kier alpha value is -5.82. The molecule has 3 N–H and O–H groups in total. The lowest BCUT2D eigenvalue weighted by atomic mass is 9.94. The van der Waals surface area contributed by atoms with E-state index in [9.17, 15) is 29.5 Å². The van der Waals surface area contributed by atoms with Crippen LogP contribution in [0.15, 0.2) is 54.1 Å². The number of hydrogen-bond acceptors (Lipinski definition) is 20. The summed E-state index contributed by atoms with van der Waals surface area (Å²) >= 11 is 0. The van der Waals surface area contributed by atoms with Crippen LogP contribution < -0.4 is 16.2 Å². The topological polar surface area (TPSA) is 321 Å². The molecule has 2 amide bonds. The maximum Gasteiger partial charge on any atom is 0.475 e. The Morgan fingerprint density at radius 2 is 1.63 bits per heavy atom. The third-order valence-corrected chi connectivity index (χ3v) is 15.5. The van der Waals surface area contributed by atoms with Gasteiger partial charge in [-0.15, -0.1) is 0 Å². The highest BCUT2D eigenvalue weighted by Crippen LogP contribution is 2.71. The van der Waals surface area contributed by atoms with Crippen molar-refractivity contribution < 1.29 is 55.3 Å². The van der Waals surface area contributed by atoms with Crippen LogP contribution in [0, 0.1) is 46.3 Å². The average molecular weight is 977 g/mol. The number of carbonyl (C=O) groups is 2. The minimum absolute atomic E-state index is 0.0743. The molecule has 0 spiro atoms. The number of nitrogens with one attached hydrogen (secondary N) is 3. The number of hydrogen-bond donors (Lipinski definition) is 3. The number of benzene rings is 1. The number of anilines is 2.